The first kappa shape index (κ1) is 30.2. The Bertz CT molecular complexity index is 921. The quantitative estimate of drug-likeness (QED) is 0.256. The third-order valence-corrected chi connectivity index (χ3v) is 4.24. The summed E-state index contributed by atoms with van der Waals surface area (Å²) in [5.41, 5.74) is -0.0669. The summed E-state index contributed by atoms with van der Waals surface area (Å²) in [6.07, 6.45) is -14.1. The molecule has 0 aliphatic heterocycles. The van der Waals surface area contributed by atoms with Crippen molar-refractivity contribution >= 4 is 11.9 Å². The smallest absolute Gasteiger partial charge is 0.422 e. The second kappa shape index (κ2) is 9.33. The number of ether oxygens (including phenoxy) is 1. The van der Waals surface area contributed by atoms with Crippen molar-refractivity contribution < 1.29 is 75.8 Å². The van der Waals surface area contributed by atoms with Crippen molar-refractivity contribution in [3.05, 3.63) is 29.8 Å². The number of amides is 1. The third-order valence-electron chi connectivity index (χ3n) is 4.24. The number of esters is 1. The maximum Gasteiger partial charge on any atom is 0.460 e. The van der Waals surface area contributed by atoms with E-state index in [1.165, 1.54) is 0 Å². The molecule has 1 amide bonds. The number of likely N-dealkylation sites (N-methyl/N-ethyl adjacent to an activating group) is 1. The van der Waals surface area contributed by atoms with Crippen molar-refractivity contribution in [1.29, 1.82) is 0 Å². The lowest BCUT2D eigenvalue weighted by Crippen LogP contribution is -2.59. The molecule has 200 valence electrons. The van der Waals surface area contributed by atoms with Gasteiger partial charge in [0.05, 0.1) is 0 Å². The minimum Gasteiger partial charge on any atom is -0.422 e. The van der Waals surface area contributed by atoms with Crippen LogP contribution in [0.2, 0.25) is 0 Å². The number of alkyl halides is 14. The Kier molecular flexibility index (Phi) is 8.05. The zero-order valence-electron chi connectivity index (χ0n) is 16.7. The summed E-state index contributed by atoms with van der Waals surface area (Å²) in [6, 6.07) is 2.76. The fourth-order valence-corrected chi connectivity index (χ4v) is 2.15. The lowest BCUT2D eigenvalue weighted by molar-refractivity contribution is -0.346. The van der Waals surface area contributed by atoms with E-state index < -0.39 is 66.6 Å². The van der Waals surface area contributed by atoms with Crippen molar-refractivity contribution in [2.75, 3.05) is 13.6 Å². The number of hydrogen-bond acceptors (Lipinski definition) is 3. The van der Waals surface area contributed by atoms with Crippen LogP contribution in [0, 0.1) is 0 Å². The van der Waals surface area contributed by atoms with Crippen LogP contribution >= 0.6 is 0 Å². The van der Waals surface area contributed by atoms with E-state index in [9.17, 15) is 71.1 Å². The highest BCUT2D eigenvalue weighted by Gasteiger charge is 2.78. The molecular formula is C17H11F14NO3. The predicted molar refractivity (Wildman–Crippen MR) is 85.3 cm³/mol. The molecule has 0 N–H and O–H groups in total. The maximum atomic E-state index is 13.4. The number of carbonyl (C=O) groups excluding carboxylic acids is 2. The van der Waals surface area contributed by atoms with Gasteiger partial charge >= 0.3 is 42.0 Å². The first-order chi connectivity index (χ1) is 15.4. The molecule has 0 bridgehead atoms. The topological polar surface area (TPSA) is 46.6 Å². The van der Waals surface area contributed by atoms with Crippen molar-refractivity contribution in [1.82, 2.24) is 4.90 Å². The van der Waals surface area contributed by atoms with Crippen LogP contribution in [0.25, 0.3) is 0 Å². The second-order valence-corrected chi connectivity index (χ2v) is 6.80. The Balaban J connectivity index is 2.86. The summed E-state index contributed by atoms with van der Waals surface area (Å²) in [6.45, 7) is -0.891. The molecule has 0 fully saturated rings. The zero-order valence-corrected chi connectivity index (χ0v) is 16.7. The molecule has 0 atom stereocenters. The van der Waals surface area contributed by atoms with Crippen LogP contribution in [0.5, 0.6) is 5.75 Å². The fourth-order valence-electron chi connectivity index (χ4n) is 2.15. The van der Waals surface area contributed by atoms with E-state index >= 15 is 0 Å². The minimum atomic E-state index is -6.80. The second-order valence-electron chi connectivity index (χ2n) is 6.80. The minimum absolute atomic E-state index is 0.0669. The molecule has 0 saturated carbocycles. The lowest BCUT2D eigenvalue weighted by atomic mass is 10.1. The molecule has 1 aromatic carbocycles. The molecule has 18 heteroatoms. The van der Waals surface area contributed by atoms with Gasteiger partial charge in [-0.3, -0.25) is 4.79 Å². The first-order valence-electron chi connectivity index (χ1n) is 8.62. The molecule has 0 aliphatic rings. The molecule has 0 spiro atoms. The molecule has 4 nitrogen and oxygen atoms in total. The summed E-state index contributed by atoms with van der Waals surface area (Å²) < 4.78 is 181. The number of halogens is 14. The van der Waals surface area contributed by atoms with Gasteiger partial charge in [0.2, 0.25) is 0 Å². The van der Waals surface area contributed by atoms with Gasteiger partial charge in [0.1, 0.15) is 5.75 Å². The van der Waals surface area contributed by atoms with E-state index in [1.54, 1.807) is 0 Å². The molecule has 1 rings (SSSR count). The van der Waals surface area contributed by atoms with Gasteiger partial charge in [-0.1, -0.05) is 12.1 Å². The van der Waals surface area contributed by atoms with E-state index in [0.29, 0.717) is 19.2 Å². The van der Waals surface area contributed by atoms with Crippen molar-refractivity contribution in [3.8, 4) is 5.75 Å². The van der Waals surface area contributed by atoms with Gasteiger partial charge in [0.25, 0.3) is 5.91 Å². The molecule has 0 aliphatic carbocycles. The average Bonchev–Trinajstić information content (AvgIpc) is 2.70. The van der Waals surface area contributed by atoms with E-state index in [4.69, 9.17) is 0 Å². The van der Waals surface area contributed by atoms with Gasteiger partial charge in [0.15, 0.2) is 0 Å². The largest absolute Gasteiger partial charge is 0.460 e. The SMILES string of the molecule is CN(CCc1ccc(OC(=O)C(F)(F)C(F)(F)C(F)(F)F)cc1)C(=O)C(F)(F)C(F)(F)C(F)(F)F. The number of rotatable bonds is 8. The molecule has 0 radical (unpaired) electrons. The Morgan fingerprint density at radius 3 is 1.51 bits per heavy atom. The zero-order chi connectivity index (χ0) is 27.8. The van der Waals surface area contributed by atoms with Crippen LogP contribution in [-0.2, 0) is 16.0 Å². The van der Waals surface area contributed by atoms with E-state index in [-0.39, 0.29) is 10.5 Å². The van der Waals surface area contributed by atoms with Gasteiger partial charge in [-0.15, -0.1) is 0 Å². The van der Waals surface area contributed by atoms with Crippen LogP contribution in [0.3, 0.4) is 0 Å². The number of carbonyl (C=O) groups is 2. The third kappa shape index (κ3) is 5.71. The van der Waals surface area contributed by atoms with Gasteiger partial charge in [0, 0.05) is 13.6 Å². The van der Waals surface area contributed by atoms with E-state index in [1.807, 2.05) is 0 Å². The normalized spacial score (nSPS) is 14.0. The van der Waals surface area contributed by atoms with Crippen LogP contribution < -0.4 is 4.74 Å². The predicted octanol–water partition coefficient (Wildman–Crippen LogP) is 5.26. The van der Waals surface area contributed by atoms with Crippen molar-refractivity contribution in [2.24, 2.45) is 0 Å². The standard InChI is InChI=1S/C17H11F14NO3/c1-32(10(33)12(18,19)14(22,23)16(26,27)28)7-6-8-2-4-9(5-3-8)35-11(34)13(20,21)15(24,25)17(29,30)31/h2-5H,6-7H2,1H3. The lowest BCUT2D eigenvalue weighted by Gasteiger charge is -2.30. The Hall–Kier alpha value is -2.82. The Labute approximate surface area is 185 Å². The molecule has 0 unspecified atom stereocenters. The van der Waals surface area contributed by atoms with E-state index in [0.717, 1.165) is 12.1 Å². The highest BCUT2D eigenvalue weighted by Crippen LogP contribution is 2.48. The summed E-state index contributed by atoms with van der Waals surface area (Å²) in [5, 5.41) is 0. The van der Waals surface area contributed by atoms with Gasteiger partial charge in [-0.25, -0.2) is 4.79 Å². The molecule has 0 saturated heterocycles. The highest BCUT2D eigenvalue weighted by molar-refractivity contribution is 5.84. The summed E-state index contributed by atoms with van der Waals surface area (Å²) in [4.78, 5) is 22.4. The van der Waals surface area contributed by atoms with Gasteiger partial charge < -0.3 is 9.64 Å². The van der Waals surface area contributed by atoms with Crippen LogP contribution in [0.1, 0.15) is 5.56 Å². The molecule has 35 heavy (non-hydrogen) atoms. The highest BCUT2D eigenvalue weighted by atomic mass is 19.4. The average molecular weight is 543 g/mol. The first-order valence-corrected chi connectivity index (χ1v) is 8.62. The monoisotopic (exact) mass is 543 g/mol. The number of nitrogens with zero attached hydrogens (tertiary/aromatic N) is 1. The number of hydrogen-bond donors (Lipinski definition) is 0. The van der Waals surface area contributed by atoms with Crippen molar-refractivity contribution in [3.63, 3.8) is 0 Å². The molecule has 0 heterocycles. The van der Waals surface area contributed by atoms with Crippen molar-refractivity contribution in [2.45, 2.75) is 42.5 Å². The fraction of sp³-hybridized carbons (Fsp3) is 0.529. The van der Waals surface area contributed by atoms with Gasteiger partial charge in [-0.05, 0) is 24.1 Å². The Morgan fingerprint density at radius 1 is 0.714 bits per heavy atom. The van der Waals surface area contributed by atoms with Crippen LogP contribution in [-0.4, -0.2) is 66.4 Å². The summed E-state index contributed by atoms with van der Waals surface area (Å²) in [5.74, 6) is -33.1. The van der Waals surface area contributed by atoms with Gasteiger partial charge in [-0.2, -0.15) is 61.5 Å². The summed E-state index contributed by atoms with van der Waals surface area (Å²) >= 11 is 0. The van der Waals surface area contributed by atoms with Crippen LogP contribution in [0.15, 0.2) is 24.3 Å². The van der Waals surface area contributed by atoms with E-state index in [2.05, 4.69) is 4.74 Å². The van der Waals surface area contributed by atoms with Crippen LogP contribution in [0.4, 0.5) is 61.5 Å². The summed E-state index contributed by atoms with van der Waals surface area (Å²) in [7, 11) is 0.460. The maximum absolute atomic E-state index is 13.4. The number of benzene rings is 1. The molecule has 1 aromatic rings. The molecule has 0 aromatic heterocycles. The molecular weight excluding hydrogens is 532 g/mol. The Morgan fingerprint density at radius 2 is 1.11 bits per heavy atom.